The van der Waals surface area contributed by atoms with Crippen LogP contribution in [-0.4, -0.2) is 111 Å². The minimum absolute atomic E-state index is 0.0164. The molecule has 0 aromatic rings. The van der Waals surface area contributed by atoms with Gasteiger partial charge < -0.3 is 33.9 Å². The fraction of sp³-hybridized carbons (Fsp3) is 0.963. The van der Waals surface area contributed by atoms with Gasteiger partial charge in [0.1, 0.15) is 17.3 Å². The molecule has 6 aliphatic rings. The van der Waals surface area contributed by atoms with Crippen LogP contribution >= 0.6 is 0 Å². The van der Waals surface area contributed by atoms with Gasteiger partial charge in [-0.3, -0.25) is 9.69 Å². The van der Waals surface area contributed by atoms with Crippen LogP contribution in [0.15, 0.2) is 0 Å². The molecule has 1 heterocycles. The van der Waals surface area contributed by atoms with Crippen LogP contribution in [0.4, 0.5) is 0 Å². The van der Waals surface area contributed by atoms with Crippen molar-refractivity contribution in [1.82, 2.24) is 4.90 Å². The Morgan fingerprint density at radius 2 is 1.92 bits per heavy atom. The Balaban J connectivity index is 1.67. The van der Waals surface area contributed by atoms with Crippen molar-refractivity contribution in [2.45, 2.75) is 81.2 Å². The van der Waals surface area contributed by atoms with Gasteiger partial charge in [0.2, 0.25) is 0 Å². The molecule has 204 valence electrons. The molecule has 5 aliphatic carbocycles. The van der Waals surface area contributed by atoms with Gasteiger partial charge in [0.25, 0.3) is 0 Å². The number of esters is 1. The van der Waals surface area contributed by atoms with Crippen LogP contribution in [0.5, 0.6) is 0 Å². The second kappa shape index (κ2) is 8.10. The Morgan fingerprint density at radius 3 is 2.50 bits per heavy atom. The highest BCUT2D eigenvalue weighted by Gasteiger charge is 2.92. The molecule has 1 spiro atoms. The highest BCUT2D eigenvalue weighted by Crippen LogP contribution is 2.80. The number of fused-ring (bicyclic) bond motifs is 2. The zero-order valence-electron chi connectivity index (χ0n) is 22.4. The van der Waals surface area contributed by atoms with E-state index in [1.165, 1.54) is 6.92 Å². The van der Waals surface area contributed by atoms with Crippen molar-refractivity contribution < 1.29 is 38.7 Å². The van der Waals surface area contributed by atoms with E-state index in [0.29, 0.717) is 19.4 Å². The van der Waals surface area contributed by atoms with Gasteiger partial charge >= 0.3 is 5.97 Å². The van der Waals surface area contributed by atoms with Crippen molar-refractivity contribution in [2.75, 3.05) is 48.1 Å². The number of carbonyl (C=O) groups excluding carboxylic acids is 1. The van der Waals surface area contributed by atoms with Gasteiger partial charge in [0, 0.05) is 76.9 Å². The number of rotatable bonds is 7. The first-order chi connectivity index (χ1) is 17.2. The fourth-order valence-electron chi connectivity index (χ4n) is 11.4. The Kier molecular flexibility index (Phi) is 5.73. The van der Waals surface area contributed by atoms with Crippen molar-refractivity contribution >= 4 is 5.97 Å². The molecular formula is C27H43NO8. The van der Waals surface area contributed by atoms with E-state index in [1.54, 1.807) is 28.4 Å². The smallest absolute Gasteiger partial charge is 0.302 e. The molecule has 9 heteroatoms. The van der Waals surface area contributed by atoms with Gasteiger partial charge in [-0.05, 0) is 31.7 Å². The molecule has 0 radical (unpaired) electrons. The zero-order valence-corrected chi connectivity index (χ0v) is 22.4. The Bertz CT molecular complexity index is 918. The predicted octanol–water partition coefficient (Wildman–Crippen LogP) is 0.842. The first-order valence-corrected chi connectivity index (χ1v) is 13.6. The summed E-state index contributed by atoms with van der Waals surface area (Å²) in [6, 6.07) is -0.348. The third-order valence-corrected chi connectivity index (χ3v) is 11.8. The first-order valence-electron chi connectivity index (χ1n) is 13.6. The van der Waals surface area contributed by atoms with Crippen LogP contribution in [0.2, 0.25) is 0 Å². The minimum Gasteiger partial charge on any atom is -0.462 e. The molecule has 1 aliphatic heterocycles. The summed E-state index contributed by atoms with van der Waals surface area (Å²) in [5.41, 5.74) is -3.41. The summed E-state index contributed by atoms with van der Waals surface area (Å²) in [4.78, 5) is 14.7. The van der Waals surface area contributed by atoms with Crippen LogP contribution in [0, 0.1) is 34.5 Å². The third kappa shape index (κ3) is 2.50. The van der Waals surface area contributed by atoms with Gasteiger partial charge in [-0.1, -0.05) is 6.92 Å². The zero-order chi connectivity index (χ0) is 25.8. The van der Waals surface area contributed by atoms with E-state index in [1.807, 2.05) is 0 Å². The lowest BCUT2D eigenvalue weighted by Gasteiger charge is -2.70. The van der Waals surface area contributed by atoms with Gasteiger partial charge in [0.15, 0.2) is 0 Å². The quantitative estimate of drug-likeness (QED) is 0.483. The summed E-state index contributed by atoms with van der Waals surface area (Å²) in [6.07, 6.45) is 0.828. The first kappa shape index (κ1) is 25.5. The summed E-state index contributed by atoms with van der Waals surface area (Å²) >= 11 is 0. The second-order valence-corrected chi connectivity index (χ2v) is 12.5. The highest BCUT2D eigenvalue weighted by molar-refractivity contribution is 5.66. The van der Waals surface area contributed by atoms with Gasteiger partial charge in [-0.2, -0.15) is 0 Å². The largest absolute Gasteiger partial charge is 0.462 e. The molecule has 0 aromatic carbocycles. The lowest BCUT2D eigenvalue weighted by Crippen LogP contribution is -2.82. The Hall–Kier alpha value is -0.810. The Labute approximate surface area is 213 Å². The van der Waals surface area contributed by atoms with E-state index in [-0.39, 0.29) is 47.2 Å². The summed E-state index contributed by atoms with van der Waals surface area (Å²) in [6.45, 7) is 5.63. The third-order valence-electron chi connectivity index (χ3n) is 11.8. The number of likely N-dealkylation sites (tertiary alicyclic amines) is 1. The molecule has 0 aromatic heterocycles. The molecule has 13 atom stereocenters. The second-order valence-electron chi connectivity index (χ2n) is 12.5. The van der Waals surface area contributed by atoms with E-state index in [4.69, 9.17) is 23.7 Å². The maximum atomic E-state index is 13.3. The molecule has 0 amide bonds. The number of likely N-dealkylation sites (N-methyl/N-ethyl adjacent to an activating group) is 1. The average Bonchev–Trinajstić information content (AvgIpc) is 3.22. The number of carbonyl (C=O) groups is 1. The monoisotopic (exact) mass is 509 g/mol. The normalized spacial score (nSPS) is 56.6. The summed E-state index contributed by atoms with van der Waals surface area (Å²) in [5, 5.41) is 25.4. The van der Waals surface area contributed by atoms with E-state index >= 15 is 0 Å². The van der Waals surface area contributed by atoms with E-state index in [0.717, 1.165) is 25.9 Å². The van der Waals surface area contributed by atoms with Crippen molar-refractivity contribution in [3.63, 3.8) is 0 Å². The summed E-state index contributed by atoms with van der Waals surface area (Å²) < 4.78 is 30.8. The number of aliphatic hydroxyl groups is 2. The van der Waals surface area contributed by atoms with Gasteiger partial charge in [-0.15, -0.1) is 0 Å². The standard InChI is InChI=1S/C27H43NO8/c1-7-28-12-24(13-32-3)9-8-18(30)26-16-10-15-17(33-4)11-25(35-6,19(16)20(15)36-14(2)29)27(31,23(26)28)22(34-5)21(24)26/h15-23,30-31H,7-13H2,1-6H3/t15-,16-,17+,18+,19-,20+,21-,22+,23?,24+,25-,26?,27?/m1/s1. The van der Waals surface area contributed by atoms with E-state index in [9.17, 15) is 15.0 Å². The van der Waals surface area contributed by atoms with Crippen LogP contribution in [0.3, 0.4) is 0 Å². The number of methoxy groups -OCH3 is 4. The SMILES string of the molecule is CCN1C[C@]2(COC)CC[C@H](O)C34C1C(O)([C@@H](OC)[C@@H]32)[C@@]1(OC)C[C@H](OC)[C@H]2C[C@@H]4[C@@H]1[C@H]2OC(C)=O. The average molecular weight is 510 g/mol. The number of piperidine rings is 1. The van der Waals surface area contributed by atoms with Crippen LogP contribution < -0.4 is 0 Å². The lowest BCUT2D eigenvalue weighted by atomic mass is 9.42. The molecule has 2 N–H and O–H groups in total. The molecular weight excluding hydrogens is 466 g/mol. The maximum Gasteiger partial charge on any atom is 0.302 e. The van der Waals surface area contributed by atoms with Crippen molar-refractivity contribution in [3.05, 3.63) is 0 Å². The lowest BCUT2D eigenvalue weighted by molar-refractivity contribution is -0.324. The van der Waals surface area contributed by atoms with Crippen LogP contribution in [-0.2, 0) is 28.5 Å². The van der Waals surface area contributed by atoms with Crippen molar-refractivity contribution in [3.8, 4) is 0 Å². The van der Waals surface area contributed by atoms with Crippen LogP contribution in [0.1, 0.15) is 39.5 Å². The minimum atomic E-state index is -1.44. The molecule has 6 fully saturated rings. The number of hydrogen-bond donors (Lipinski definition) is 2. The van der Waals surface area contributed by atoms with E-state index < -0.39 is 34.9 Å². The molecule has 9 nitrogen and oxygen atoms in total. The molecule has 3 unspecified atom stereocenters. The van der Waals surface area contributed by atoms with Gasteiger partial charge in [-0.25, -0.2) is 0 Å². The molecule has 5 saturated carbocycles. The van der Waals surface area contributed by atoms with Crippen LogP contribution in [0.25, 0.3) is 0 Å². The van der Waals surface area contributed by atoms with Crippen molar-refractivity contribution in [2.24, 2.45) is 34.5 Å². The highest BCUT2D eigenvalue weighted by atomic mass is 16.6. The molecule has 6 rings (SSSR count). The Morgan fingerprint density at radius 1 is 1.17 bits per heavy atom. The fourth-order valence-corrected chi connectivity index (χ4v) is 11.4. The van der Waals surface area contributed by atoms with Gasteiger partial charge in [0.05, 0.1) is 31.0 Å². The number of ether oxygens (including phenoxy) is 5. The number of aliphatic hydroxyl groups excluding tert-OH is 1. The van der Waals surface area contributed by atoms with Crippen molar-refractivity contribution in [1.29, 1.82) is 0 Å². The maximum absolute atomic E-state index is 13.3. The molecule has 1 saturated heterocycles. The summed E-state index contributed by atoms with van der Waals surface area (Å²) in [7, 11) is 6.77. The molecule has 7 bridgehead atoms. The number of nitrogens with zero attached hydrogens (tertiary/aromatic N) is 1. The number of hydrogen-bond acceptors (Lipinski definition) is 9. The topological polar surface area (TPSA) is 107 Å². The predicted molar refractivity (Wildman–Crippen MR) is 128 cm³/mol. The van der Waals surface area contributed by atoms with E-state index in [2.05, 4.69) is 11.8 Å². The molecule has 36 heavy (non-hydrogen) atoms. The summed E-state index contributed by atoms with van der Waals surface area (Å²) in [5.74, 6) is -0.764.